The third-order valence-electron chi connectivity index (χ3n) is 9.84. The van der Waals surface area contributed by atoms with Crippen LogP contribution in [-0.2, 0) is 5.41 Å². The second-order valence-electron chi connectivity index (χ2n) is 13.0. The molecular weight excluding hydrogens is 585 g/mol. The van der Waals surface area contributed by atoms with Crippen molar-refractivity contribution in [3.05, 3.63) is 181 Å². The largest absolute Gasteiger partial charge is 0.456 e. The van der Waals surface area contributed by atoms with Gasteiger partial charge in [-0.1, -0.05) is 98.8 Å². The van der Waals surface area contributed by atoms with E-state index in [4.69, 9.17) is 4.42 Å². The first kappa shape index (κ1) is 28.2. The minimum Gasteiger partial charge on any atom is -0.456 e. The molecule has 0 atom stereocenters. The number of nitrogens with zero attached hydrogens (tertiary/aromatic N) is 2. The fourth-order valence-corrected chi connectivity index (χ4v) is 7.50. The van der Waals surface area contributed by atoms with E-state index in [1.165, 1.54) is 22.3 Å². The summed E-state index contributed by atoms with van der Waals surface area (Å²) in [4.78, 5) is 4.67. The van der Waals surface area contributed by atoms with E-state index in [9.17, 15) is 0 Å². The number of para-hydroxylation sites is 3. The van der Waals surface area contributed by atoms with Gasteiger partial charge in [0.2, 0.25) is 0 Å². The molecule has 0 aliphatic heterocycles. The molecular formula is C45H34N2O. The van der Waals surface area contributed by atoms with Crippen molar-refractivity contribution in [3.63, 3.8) is 0 Å². The van der Waals surface area contributed by atoms with Crippen LogP contribution < -0.4 is 9.80 Å². The van der Waals surface area contributed by atoms with Gasteiger partial charge in [0.05, 0.1) is 0 Å². The Kier molecular flexibility index (Phi) is 6.48. The standard InChI is InChI=1S/C45H34N2O/c1-45(2)41-19-11-9-17-37(41)39-29-35(25-27-42(39)45)46(31-13-5-3-6-14-31)33-21-23-34(24-22-33)47(32-15-7-4-8-16-32)36-26-28-44-40(30-36)38-18-10-12-20-43(38)48-44/h3-30H,1-2H3. The fraction of sp³-hybridized carbons (Fsp3) is 0.0667. The summed E-state index contributed by atoms with van der Waals surface area (Å²) >= 11 is 0. The summed E-state index contributed by atoms with van der Waals surface area (Å²) in [5.41, 5.74) is 13.8. The average molecular weight is 619 g/mol. The third-order valence-corrected chi connectivity index (χ3v) is 9.84. The lowest BCUT2D eigenvalue weighted by atomic mass is 9.82. The van der Waals surface area contributed by atoms with E-state index in [1.807, 2.05) is 12.1 Å². The van der Waals surface area contributed by atoms with E-state index in [0.717, 1.165) is 56.1 Å². The lowest BCUT2D eigenvalue weighted by Gasteiger charge is -2.29. The summed E-state index contributed by atoms with van der Waals surface area (Å²) in [5, 5.41) is 2.23. The summed E-state index contributed by atoms with van der Waals surface area (Å²) in [5.74, 6) is 0. The van der Waals surface area contributed by atoms with Crippen LogP contribution in [0.2, 0.25) is 0 Å². The van der Waals surface area contributed by atoms with Crippen LogP contribution in [0.25, 0.3) is 33.1 Å². The molecule has 1 heterocycles. The molecule has 0 radical (unpaired) electrons. The van der Waals surface area contributed by atoms with E-state index < -0.39 is 0 Å². The molecule has 230 valence electrons. The van der Waals surface area contributed by atoms with Crippen LogP contribution in [0, 0.1) is 0 Å². The van der Waals surface area contributed by atoms with Crippen molar-refractivity contribution in [3.8, 4) is 11.1 Å². The molecule has 48 heavy (non-hydrogen) atoms. The van der Waals surface area contributed by atoms with Gasteiger partial charge in [-0.05, 0) is 107 Å². The fourth-order valence-electron chi connectivity index (χ4n) is 7.50. The van der Waals surface area contributed by atoms with Gasteiger partial charge in [-0.15, -0.1) is 0 Å². The van der Waals surface area contributed by atoms with Crippen molar-refractivity contribution < 1.29 is 4.42 Å². The first-order valence-electron chi connectivity index (χ1n) is 16.5. The highest BCUT2D eigenvalue weighted by Gasteiger charge is 2.35. The van der Waals surface area contributed by atoms with Crippen molar-refractivity contribution in [2.45, 2.75) is 19.3 Å². The van der Waals surface area contributed by atoms with Crippen LogP contribution in [0.15, 0.2) is 174 Å². The Balaban J connectivity index is 1.16. The third kappa shape index (κ3) is 4.51. The molecule has 0 amide bonds. The normalized spacial score (nSPS) is 13.0. The molecule has 0 spiro atoms. The molecule has 0 N–H and O–H groups in total. The van der Waals surface area contributed by atoms with E-state index >= 15 is 0 Å². The Morgan fingerprint density at radius 3 is 1.54 bits per heavy atom. The molecule has 0 bridgehead atoms. The summed E-state index contributed by atoms with van der Waals surface area (Å²) < 4.78 is 6.16. The zero-order valence-electron chi connectivity index (χ0n) is 27.0. The van der Waals surface area contributed by atoms with Gasteiger partial charge < -0.3 is 14.2 Å². The molecule has 3 heteroatoms. The number of fused-ring (bicyclic) bond motifs is 6. The van der Waals surface area contributed by atoms with Crippen LogP contribution in [0.4, 0.5) is 34.1 Å². The van der Waals surface area contributed by atoms with E-state index in [-0.39, 0.29) is 5.41 Å². The number of benzene rings is 7. The van der Waals surface area contributed by atoms with Gasteiger partial charge in [-0.2, -0.15) is 0 Å². The summed E-state index contributed by atoms with van der Waals surface area (Å²) in [6, 6.07) is 60.6. The van der Waals surface area contributed by atoms with Gasteiger partial charge in [0.1, 0.15) is 11.2 Å². The molecule has 0 fully saturated rings. The molecule has 0 saturated carbocycles. The van der Waals surface area contributed by atoms with Gasteiger partial charge >= 0.3 is 0 Å². The van der Waals surface area contributed by atoms with Gasteiger partial charge in [-0.25, -0.2) is 0 Å². The quantitative estimate of drug-likeness (QED) is 0.185. The van der Waals surface area contributed by atoms with Crippen molar-refractivity contribution in [1.82, 2.24) is 0 Å². The zero-order chi connectivity index (χ0) is 32.2. The number of hydrogen-bond acceptors (Lipinski definition) is 3. The number of hydrogen-bond donors (Lipinski definition) is 0. The molecule has 7 aromatic carbocycles. The molecule has 0 saturated heterocycles. The Labute approximate surface area is 280 Å². The van der Waals surface area contributed by atoms with E-state index in [1.54, 1.807) is 0 Å². The van der Waals surface area contributed by atoms with Crippen molar-refractivity contribution in [1.29, 1.82) is 0 Å². The minimum atomic E-state index is -0.0314. The van der Waals surface area contributed by atoms with Crippen LogP contribution >= 0.6 is 0 Å². The predicted octanol–water partition coefficient (Wildman–Crippen LogP) is 12.8. The number of anilines is 6. The molecule has 0 unspecified atom stereocenters. The Bertz CT molecular complexity index is 2420. The monoisotopic (exact) mass is 618 g/mol. The maximum atomic E-state index is 6.16. The highest BCUT2D eigenvalue weighted by atomic mass is 16.3. The van der Waals surface area contributed by atoms with E-state index in [0.29, 0.717) is 0 Å². The second-order valence-corrected chi connectivity index (χ2v) is 13.0. The summed E-state index contributed by atoms with van der Waals surface area (Å²) in [6.45, 7) is 4.66. The van der Waals surface area contributed by atoms with Crippen LogP contribution in [0.5, 0.6) is 0 Å². The zero-order valence-corrected chi connectivity index (χ0v) is 27.0. The van der Waals surface area contributed by atoms with Gasteiger partial charge in [0.15, 0.2) is 0 Å². The lowest BCUT2D eigenvalue weighted by Crippen LogP contribution is -2.15. The maximum Gasteiger partial charge on any atom is 0.135 e. The van der Waals surface area contributed by atoms with Crippen LogP contribution in [0.1, 0.15) is 25.0 Å². The van der Waals surface area contributed by atoms with Crippen molar-refractivity contribution in [2.75, 3.05) is 9.80 Å². The molecule has 9 rings (SSSR count). The number of rotatable bonds is 6. The maximum absolute atomic E-state index is 6.16. The van der Waals surface area contributed by atoms with Crippen LogP contribution in [-0.4, -0.2) is 0 Å². The van der Waals surface area contributed by atoms with Crippen LogP contribution in [0.3, 0.4) is 0 Å². The van der Waals surface area contributed by atoms with Crippen molar-refractivity contribution >= 4 is 56.1 Å². The Morgan fingerprint density at radius 2 is 0.854 bits per heavy atom. The molecule has 1 aliphatic rings. The summed E-state index contributed by atoms with van der Waals surface area (Å²) in [6.07, 6.45) is 0. The predicted molar refractivity (Wildman–Crippen MR) is 201 cm³/mol. The highest BCUT2D eigenvalue weighted by Crippen LogP contribution is 2.50. The summed E-state index contributed by atoms with van der Waals surface area (Å²) in [7, 11) is 0. The molecule has 1 aliphatic carbocycles. The number of furan rings is 1. The van der Waals surface area contributed by atoms with Gasteiger partial charge in [0.25, 0.3) is 0 Å². The Hall–Kier alpha value is -6.06. The average Bonchev–Trinajstić information content (AvgIpc) is 3.62. The topological polar surface area (TPSA) is 19.6 Å². The Morgan fingerprint density at radius 1 is 0.375 bits per heavy atom. The first-order valence-corrected chi connectivity index (χ1v) is 16.5. The second kappa shape index (κ2) is 11.0. The molecule has 8 aromatic rings. The molecule has 3 nitrogen and oxygen atoms in total. The minimum absolute atomic E-state index is 0.0314. The first-order chi connectivity index (χ1) is 23.6. The SMILES string of the molecule is CC1(C)c2ccccc2-c2cc(N(c3ccccc3)c3ccc(N(c4ccccc4)c4ccc5oc6ccccc6c5c4)cc3)ccc21. The highest BCUT2D eigenvalue weighted by molar-refractivity contribution is 6.06. The lowest BCUT2D eigenvalue weighted by molar-refractivity contribution is 0.660. The van der Waals surface area contributed by atoms with Gasteiger partial charge in [-0.3, -0.25) is 0 Å². The van der Waals surface area contributed by atoms with E-state index in [2.05, 4.69) is 181 Å². The smallest absolute Gasteiger partial charge is 0.135 e. The van der Waals surface area contributed by atoms with Crippen molar-refractivity contribution in [2.24, 2.45) is 0 Å². The van der Waals surface area contributed by atoms with Gasteiger partial charge in [0, 0.05) is 50.3 Å². The molecule has 1 aromatic heterocycles.